The lowest BCUT2D eigenvalue weighted by molar-refractivity contribution is -0.108. The number of benzene rings is 1. The molecule has 0 bridgehead atoms. The molecular weight excluding hydrogens is 223 g/mol. The van der Waals surface area contributed by atoms with E-state index in [0.29, 0.717) is 11.1 Å². The van der Waals surface area contributed by atoms with Crippen molar-refractivity contribution >= 4 is 11.8 Å². The Morgan fingerprint density at radius 2 is 1.53 bits per heavy atom. The average molecular weight is 236 g/mol. The molecule has 0 N–H and O–H groups in total. The number of ether oxygens (including phenoxy) is 2. The van der Waals surface area contributed by atoms with E-state index in [0.717, 1.165) is 4.90 Å². The van der Waals surface area contributed by atoms with Crippen molar-refractivity contribution < 1.29 is 19.1 Å². The van der Waals surface area contributed by atoms with Crippen molar-refractivity contribution in [3.8, 4) is 0 Å². The number of hydrogen-bond acceptors (Lipinski definition) is 4. The number of nitrogens with zero attached hydrogens (tertiary/aromatic N) is 1. The summed E-state index contributed by atoms with van der Waals surface area (Å²) in [5.74, 6) is -0.602. The van der Waals surface area contributed by atoms with Gasteiger partial charge in [-0.05, 0) is 12.1 Å². The second-order valence-corrected chi connectivity index (χ2v) is 3.67. The topological polar surface area (TPSA) is 55.8 Å². The van der Waals surface area contributed by atoms with Crippen molar-refractivity contribution in [1.29, 1.82) is 0 Å². The van der Waals surface area contributed by atoms with Crippen LogP contribution in [0.2, 0.25) is 0 Å². The number of hydrogen-bond donors (Lipinski definition) is 0. The molecular formula is C12H13NO4. The van der Waals surface area contributed by atoms with Crippen molar-refractivity contribution in [3.05, 3.63) is 35.4 Å². The van der Waals surface area contributed by atoms with E-state index in [1.165, 1.54) is 14.2 Å². The molecule has 1 aromatic carbocycles. The minimum atomic E-state index is -0.600. The van der Waals surface area contributed by atoms with Crippen LogP contribution in [0.3, 0.4) is 0 Å². The molecule has 1 aliphatic heterocycles. The summed E-state index contributed by atoms with van der Waals surface area (Å²) in [6, 6.07) is 6.75. The maximum absolute atomic E-state index is 12.0. The maximum Gasteiger partial charge on any atom is 0.261 e. The predicted octanol–water partition coefficient (Wildman–Crippen LogP) is 0.902. The standard InChI is InChI=1S/C12H13NO4/c1-16-10(17-2)7-13-11(14)8-5-3-4-6-9(8)12(13)15/h3-6,10H,7H2,1-2H3/i13+1. The largest absolute Gasteiger partial charge is 0.354 e. The SMILES string of the molecule is COC(C[15N]1C(=O)c2ccccc2C1=O)OC. The molecule has 0 spiro atoms. The Balaban J connectivity index is 2.24. The molecule has 0 atom stereocenters. The van der Waals surface area contributed by atoms with Crippen LogP contribution in [-0.2, 0) is 9.47 Å². The molecule has 0 fully saturated rings. The summed E-state index contributed by atoms with van der Waals surface area (Å²) in [5, 5.41) is 0. The van der Waals surface area contributed by atoms with Gasteiger partial charge in [-0.25, -0.2) is 0 Å². The average Bonchev–Trinajstić information content (AvgIpc) is 2.61. The van der Waals surface area contributed by atoms with Gasteiger partial charge in [-0.1, -0.05) is 12.1 Å². The highest BCUT2D eigenvalue weighted by Gasteiger charge is 2.36. The van der Waals surface area contributed by atoms with Crippen molar-refractivity contribution in [2.45, 2.75) is 6.29 Å². The van der Waals surface area contributed by atoms with E-state index in [-0.39, 0.29) is 18.4 Å². The highest BCUT2D eigenvalue weighted by Crippen LogP contribution is 2.22. The first kappa shape index (κ1) is 11.8. The van der Waals surface area contributed by atoms with Crippen molar-refractivity contribution in [2.75, 3.05) is 20.8 Å². The monoisotopic (exact) mass is 236 g/mol. The van der Waals surface area contributed by atoms with Gasteiger partial charge in [0, 0.05) is 14.2 Å². The first-order valence-electron chi connectivity index (χ1n) is 5.20. The minimum Gasteiger partial charge on any atom is -0.354 e. The Morgan fingerprint density at radius 3 is 1.94 bits per heavy atom. The third-order valence-corrected chi connectivity index (χ3v) is 2.74. The first-order chi connectivity index (χ1) is 8.19. The zero-order valence-electron chi connectivity index (χ0n) is 9.67. The molecule has 0 aromatic heterocycles. The smallest absolute Gasteiger partial charge is 0.261 e. The second-order valence-electron chi connectivity index (χ2n) is 3.67. The molecule has 1 aliphatic rings. The summed E-state index contributed by atoms with van der Waals surface area (Å²) >= 11 is 0. The van der Waals surface area contributed by atoms with E-state index in [9.17, 15) is 9.59 Å². The van der Waals surface area contributed by atoms with Crippen LogP contribution in [0.5, 0.6) is 0 Å². The number of carbonyl (C=O) groups excluding carboxylic acids is 2. The fourth-order valence-corrected chi connectivity index (χ4v) is 1.80. The van der Waals surface area contributed by atoms with E-state index in [1.54, 1.807) is 24.3 Å². The lowest BCUT2D eigenvalue weighted by Crippen LogP contribution is -2.38. The quantitative estimate of drug-likeness (QED) is 0.443. The number of methoxy groups -OCH3 is 2. The lowest BCUT2D eigenvalue weighted by atomic mass is 10.1. The molecule has 0 saturated heterocycles. The Hall–Kier alpha value is -1.72. The number of rotatable bonds is 4. The van der Waals surface area contributed by atoms with Crippen molar-refractivity contribution in [1.82, 2.24) is 4.90 Å². The van der Waals surface area contributed by atoms with Crippen molar-refractivity contribution in [2.24, 2.45) is 0 Å². The fourth-order valence-electron chi connectivity index (χ4n) is 1.80. The summed E-state index contributed by atoms with van der Waals surface area (Å²) in [6.45, 7) is 0.0966. The third-order valence-electron chi connectivity index (χ3n) is 2.74. The Labute approximate surface area is 98.9 Å². The number of fused-ring (bicyclic) bond motifs is 1. The summed E-state index contributed by atoms with van der Waals surface area (Å²) in [6.07, 6.45) is -0.600. The van der Waals surface area contributed by atoms with Gasteiger partial charge in [-0.15, -0.1) is 0 Å². The second kappa shape index (κ2) is 4.65. The van der Waals surface area contributed by atoms with Crippen LogP contribution in [0, 0.1) is 0 Å². The van der Waals surface area contributed by atoms with Gasteiger partial charge in [0.25, 0.3) is 11.8 Å². The number of amides is 2. The van der Waals surface area contributed by atoms with E-state index >= 15 is 0 Å². The zero-order valence-corrected chi connectivity index (χ0v) is 9.67. The molecule has 1 aromatic rings. The molecule has 2 rings (SSSR count). The van der Waals surface area contributed by atoms with Gasteiger partial charge in [-0.2, -0.15) is 0 Å². The number of carbonyl (C=O) groups is 2. The molecule has 0 aliphatic carbocycles. The van der Waals surface area contributed by atoms with Gasteiger partial charge >= 0.3 is 0 Å². The van der Waals surface area contributed by atoms with E-state index < -0.39 is 6.29 Å². The molecule has 5 nitrogen and oxygen atoms in total. The van der Waals surface area contributed by atoms with E-state index in [1.807, 2.05) is 0 Å². The zero-order chi connectivity index (χ0) is 12.4. The summed E-state index contributed by atoms with van der Waals surface area (Å²) in [7, 11) is 2.93. The van der Waals surface area contributed by atoms with Gasteiger partial charge in [-0.3, -0.25) is 14.5 Å². The summed E-state index contributed by atoms with van der Waals surface area (Å²) < 4.78 is 9.98. The molecule has 0 unspecified atom stereocenters. The maximum atomic E-state index is 12.0. The molecule has 1 heterocycles. The van der Waals surface area contributed by atoms with Crippen LogP contribution < -0.4 is 0 Å². The molecule has 17 heavy (non-hydrogen) atoms. The van der Waals surface area contributed by atoms with Crippen LogP contribution in [0.1, 0.15) is 20.7 Å². The van der Waals surface area contributed by atoms with Crippen LogP contribution in [0.4, 0.5) is 0 Å². The van der Waals surface area contributed by atoms with Crippen LogP contribution in [0.15, 0.2) is 24.3 Å². The predicted molar refractivity (Wildman–Crippen MR) is 59.6 cm³/mol. The Bertz CT molecular complexity index is 419. The van der Waals surface area contributed by atoms with Gasteiger partial charge in [0.1, 0.15) is 0 Å². The molecule has 0 radical (unpaired) electrons. The highest BCUT2D eigenvalue weighted by molar-refractivity contribution is 6.21. The highest BCUT2D eigenvalue weighted by atomic mass is 16.7. The van der Waals surface area contributed by atoms with Gasteiger partial charge in [0.05, 0.1) is 17.7 Å². The van der Waals surface area contributed by atoms with Crippen LogP contribution in [0.25, 0.3) is 0 Å². The summed E-state index contributed by atoms with van der Waals surface area (Å²) in [4.78, 5) is 25.1. The third kappa shape index (κ3) is 1.94. The Morgan fingerprint density at radius 1 is 1.06 bits per heavy atom. The van der Waals surface area contributed by atoms with Crippen LogP contribution in [-0.4, -0.2) is 43.8 Å². The first-order valence-corrected chi connectivity index (χ1v) is 5.20. The van der Waals surface area contributed by atoms with Gasteiger partial charge in [0.15, 0.2) is 6.29 Å². The molecule has 90 valence electrons. The van der Waals surface area contributed by atoms with Crippen molar-refractivity contribution in [3.63, 3.8) is 0 Å². The van der Waals surface area contributed by atoms with Gasteiger partial charge < -0.3 is 9.47 Å². The normalized spacial score (nSPS) is 14.6. The molecule has 2 amide bonds. The minimum absolute atomic E-state index is 0.0966. The van der Waals surface area contributed by atoms with E-state index in [2.05, 4.69) is 0 Å². The lowest BCUT2D eigenvalue weighted by Gasteiger charge is -2.19. The fraction of sp³-hybridized carbons (Fsp3) is 0.333. The van der Waals surface area contributed by atoms with Crippen LogP contribution >= 0.6 is 0 Å². The van der Waals surface area contributed by atoms with Gasteiger partial charge in [0.2, 0.25) is 0 Å². The van der Waals surface area contributed by atoms with E-state index in [4.69, 9.17) is 9.47 Å². The molecule has 5 heteroatoms. The number of imide groups is 1. The molecule has 0 saturated carbocycles. The summed E-state index contributed by atoms with van der Waals surface area (Å²) in [5.41, 5.74) is 0.868. The Kier molecular flexibility index (Phi) is 3.21.